The van der Waals surface area contributed by atoms with Crippen molar-refractivity contribution in [3.05, 3.63) is 29.3 Å². The molecule has 0 saturated carbocycles. The van der Waals surface area contributed by atoms with Crippen LogP contribution in [-0.2, 0) is 4.79 Å². The van der Waals surface area contributed by atoms with Crippen LogP contribution in [0.25, 0.3) is 0 Å². The molecule has 1 aromatic carbocycles. The number of amidine groups is 1. The number of rotatable bonds is 3. The molecule has 0 radical (unpaired) electrons. The lowest BCUT2D eigenvalue weighted by Crippen LogP contribution is -2.19. The lowest BCUT2D eigenvalue weighted by molar-refractivity contribution is -0.116. The zero-order valence-electron chi connectivity index (χ0n) is 9.53. The summed E-state index contributed by atoms with van der Waals surface area (Å²) in [4.78, 5) is 21.6. The summed E-state index contributed by atoms with van der Waals surface area (Å²) in [6.45, 7) is 0. The number of nitrogens with one attached hydrogen (secondary N) is 1. The Morgan fingerprint density at radius 2 is 2.26 bits per heavy atom. The maximum absolute atomic E-state index is 10.9. The van der Waals surface area contributed by atoms with Crippen molar-refractivity contribution in [2.24, 2.45) is 10.2 Å². The van der Waals surface area contributed by atoms with Crippen LogP contribution in [0.1, 0.15) is 15.9 Å². The second kappa shape index (κ2) is 5.53. The van der Waals surface area contributed by atoms with Gasteiger partial charge in [-0.05, 0) is 17.7 Å². The molecule has 19 heavy (non-hydrogen) atoms. The maximum Gasteiger partial charge on any atom is 0.339 e. The molecule has 1 saturated heterocycles. The van der Waals surface area contributed by atoms with E-state index in [0.29, 0.717) is 16.5 Å². The van der Waals surface area contributed by atoms with E-state index in [1.54, 1.807) is 0 Å². The van der Waals surface area contributed by atoms with Gasteiger partial charge in [-0.1, -0.05) is 17.8 Å². The highest BCUT2D eigenvalue weighted by atomic mass is 32.2. The van der Waals surface area contributed by atoms with E-state index in [1.165, 1.54) is 36.2 Å². The number of thioether (sulfide) groups is 1. The molecule has 3 N–H and O–H groups in total. The molecular formula is C11H9N3O4S. The van der Waals surface area contributed by atoms with Crippen molar-refractivity contribution < 1.29 is 19.8 Å². The molecule has 1 aliphatic heterocycles. The van der Waals surface area contributed by atoms with Crippen molar-refractivity contribution in [1.82, 2.24) is 5.32 Å². The van der Waals surface area contributed by atoms with Crippen LogP contribution in [0.5, 0.6) is 5.75 Å². The van der Waals surface area contributed by atoms with Gasteiger partial charge in [-0.25, -0.2) is 4.79 Å². The van der Waals surface area contributed by atoms with E-state index in [4.69, 9.17) is 5.11 Å². The van der Waals surface area contributed by atoms with Crippen LogP contribution < -0.4 is 5.32 Å². The van der Waals surface area contributed by atoms with Gasteiger partial charge >= 0.3 is 5.97 Å². The summed E-state index contributed by atoms with van der Waals surface area (Å²) in [6, 6.07) is 4.04. The molecule has 98 valence electrons. The Hall–Kier alpha value is -2.35. The molecule has 0 aromatic heterocycles. The number of phenols is 1. The highest BCUT2D eigenvalue weighted by Crippen LogP contribution is 2.17. The van der Waals surface area contributed by atoms with Crippen molar-refractivity contribution >= 4 is 35.0 Å². The number of benzene rings is 1. The number of hydrogen-bond donors (Lipinski definition) is 3. The minimum Gasteiger partial charge on any atom is -0.507 e. The molecule has 0 bridgehead atoms. The quantitative estimate of drug-likeness (QED) is 0.555. The number of aromatic hydroxyl groups is 1. The lowest BCUT2D eigenvalue weighted by Gasteiger charge is -1.99. The fourth-order valence-corrected chi connectivity index (χ4v) is 1.97. The van der Waals surface area contributed by atoms with Crippen LogP contribution in [0.3, 0.4) is 0 Å². The molecular weight excluding hydrogens is 270 g/mol. The summed E-state index contributed by atoms with van der Waals surface area (Å²) in [6.07, 6.45) is 1.35. The van der Waals surface area contributed by atoms with Gasteiger partial charge in [0.05, 0.1) is 12.0 Å². The number of amides is 1. The molecule has 0 unspecified atom stereocenters. The maximum atomic E-state index is 10.9. The predicted molar refractivity (Wildman–Crippen MR) is 70.7 cm³/mol. The van der Waals surface area contributed by atoms with Gasteiger partial charge in [-0.3, -0.25) is 4.79 Å². The predicted octanol–water partition coefficient (Wildman–Crippen LogP) is 0.643. The molecule has 7 nitrogen and oxygen atoms in total. The Morgan fingerprint density at radius 1 is 1.47 bits per heavy atom. The molecule has 1 amide bonds. The Kier molecular flexibility index (Phi) is 3.81. The summed E-state index contributed by atoms with van der Waals surface area (Å²) < 4.78 is 0. The van der Waals surface area contributed by atoms with E-state index >= 15 is 0 Å². The summed E-state index contributed by atoms with van der Waals surface area (Å²) >= 11 is 1.24. The minimum atomic E-state index is -1.20. The van der Waals surface area contributed by atoms with Gasteiger partial charge in [0.25, 0.3) is 0 Å². The second-order valence-corrected chi connectivity index (χ2v) is 4.53. The summed E-state index contributed by atoms with van der Waals surface area (Å²) in [7, 11) is 0. The first-order chi connectivity index (χ1) is 9.06. The van der Waals surface area contributed by atoms with Crippen LogP contribution in [-0.4, -0.2) is 39.2 Å². The first kappa shape index (κ1) is 13.1. The molecule has 0 atom stereocenters. The smallest absolute Gasteiger partial charge is 0.339 e. The average Bonchev–Trinajstić information content (AvgIpc) is 2.75. The topological polar surface area (TPSA) is 111 Å². The SMILES string of the molecule is O=C1CSC(=NN=Cc2ccc(C(=O)O)c(O)c2)N1. The number of hydrogen-bond acceptors (Lipinski definition) is 6. The van der Waals surface area contributed by atoms with Gasteiger partial charge in [0.1, 0.15) is 11.3 Å². The fourth-order valence-electron chi connectivity index (χ4n) is 1.34. The average molecular weight is 279 g/mol. The van der Waals surface area contributed by atoms with E-state index in [9.17, 15) is 14.7 Å². The summed E-state index contributed by atoms with van der Waals surface area (Å²) in [5.41, 5.74) is 0.322. The number of aromatic carboxylic acids is 1. The molecule has 1 heterocycles. The zero-order valence-corrected chi connectivity index (χ0v) is 10.3. The molecule has 2 rings (SSSR count). The van der Waals surface area contributed by atoms with Gasteiger partial charge in [-0.15, -0.1) is 5.10 Å². The largest absolute Gasteiger partial charge is 0.507 e. The number of nitrogens with zero attached hydrogens (tertiary/aromatic N) is 2. The van der Waals surface area contributed by atoms with Gasteiger partial charge in [-0.2, -0.15) is 5.10 Å². The van der Waals surface area contributed by atoms with Gasteiger partial charge in [0.15, 0.2) is 5.17 Å². The van der Waals surface area contributed by atoms with Crippen LogP contribution in [0.4, 0.5) is 0 Å². The summed E-state index contributed by atoms with van der Waals surface area (Å²) in [5.74, 6) is -1.34. The molecule has 1 fully saturated rings. The summed E-state index contributed by atoms with van der Waals surface area (Å²) in [5, 5.41) is 28.6. The van der Waals surface area contributed by atoms with E-state index in [0.717, 1.165) is 0 Å². The van der Waals surface area contributed by atoms with Gasteiger partial charge < -0.3 is 15.5 Å². The van der Waals surface area contributed by atoms with Crippen LogP contribution in [0, 0.1) is 0 Å². The lowest BCUT2D eigenvalue weighted by atomic mass is 10.1. The first-order valence-electron chi connectivity index (χ1n) is 5.16. The van der Waals surface area contributed by atoms with Crippen molar-refractivity contribution in [3.63, 3.8) is 0 Å². The third-order valence-corrected chi connectivity index (χ3v) is 3.06. The highest BCUT2D eigenvalue weighted by Gasteiger charge is 2.15. The van der Waals surface area contributed by atoms with Crippen LogP contribution in [0.15, 0.2) is 28.4 Å². The first-order valence-corrected chi connectivity index (χ1v) is 6.15. The van der Waals surface area contributed by atoms with Gasteiger partial charge in [0, 0.05) is 0 Å². The molecule has 8 heteroatoms. The second-order valence-electron chi connectivity index (χ2n) is 3.57. The minimum absolute atomic E-state index is 0.123. The zero-order chi connectivity index (χ0) is 13.8. The number of carboxylic acids is 1. The van der Waals surface area contributed by atoms with Crippen molar-refractivity contribution in [1.29, 1.82) is 0 Å². The van der Waals surface area contributed by atoms with E-state index in [1.807, 2.05) is 0 Å². The van der Waals surface area contributed by atoms with E-state index in [2.05, 4.69) is 15.5 Å². The number of carbonyl (C=O) groups excluding carboxylic acids is 1. The number of carboxylic acid groups (broad SMARTS) is 1. The van der Waals surface area contributed by atoms with E-state index in [-0.39, 0.29) is 17.2 Å². The number of carbonyl (C=O) groups is 2. The third kappa shape index (κ3) is 3.32. The Morgan fingerprint density at radius 3 is 2.84 bits per heavy atom. The van der Waals surface area contributed by atoms with Crippen molar-refractivity contribution in [3.8, 4) is 5.75 Å². The Balaban J connectivity index is 2.09. The third-order valence-electron chi connectivity index (χ3n) is 2.19. The van der Waals surface area contributed by atoms with Crippen LogP contribution >= 0.6 is 11.8 Å². The Bertz CT molecular complexity index is 598. The standard InChI is InChI=1S/C11H9N3O4S/c15-8-3-6(1-2-7(8)10(17)18)4-12-14-11-13-9(16)5-19-11/h1-4,15H,5H2,(H,17,18)(H,13,14,16). The Labute approximate surface area is 112 Å². The fraction of sp³-hybridized carbons (Fsp3) is 0.0909. The normalized spacial score (nSPS) is 17.1. The van der Waals surface area contributed by atoms with Crippen molar-refractivity contribution in [2.45, 2.75) is 0 Å². The molecule has 0 aliphatic carbocycles. The molecule has 0 spiro atoms. The highest BCUT2D eigenvalue weighted by molar-refractivity contribution is 8.15. The molecule has 1 aromatic rings. The monoisotopic (exact) mass is 279 g/mol. The van der Waals surface area contributed by atoms with Gasteiger partial charge in [0.2, 0.25) is 5.91 Å². The van der Waals surface area contributed by atoms with E-state index < -0.39 is 5.97 Å². The molecule has 1 aliphatic rings. The van der Waals surface area contributed by atoms with Crippen molar-refractivity contribution in [2.75, 3.05) is 5.75 Å². The van der Waals surface area contributed by atoms with Crippen LogP contribution in [0.2, 0.25) is 0 Å².